The number of piperidine rings is 1. The first-order valence-corrected chi connectivity index (χ1v) is 12.1. The molecule has 0 atom stereocenters. The van der Waals surface area contributed by atoms with Crippen LogP contribution in [0.25, 0.3) is 22.2 Å². The minimum atomic E-state index is 0.0602. The van der Waals surface area contributed by atoms with Gasteiger partial charge in [-0.05, 0) is 61.9 Å². The molecule has 1 N–H and O–H groups in total. The average Bonchev–Trinajstić information content (AvgIpc) is 3.13. The molecule has 0 spiro atoms. The van der Waals surface area contributed by atoms with Crippen LogP contribution in [0.3, 0.4) is 0 Å². The van der Waals surface area contributed by atoms with Crippen molar-refractivity contribution in [2.45, 2.75) is 58.6 Å². The van der Waals surface area contributed by atoms with Crippen LogP contribution in [0.5, 0.6) is 5.75 Å². The zero-order valence-corrected chi connectivity index (χ0v) is 20.4. The first kappa shape index (κ1) is 22.2. The maximum Gasteiger partial charge on any atom is 0.253 e. The van der Waals surface area contributed by atoms with Gasteiger partial charge in [-0.15, -0.1) is 0 Å². The molecule has 2 saturated heterocycles. The second kappa shape index (κ2) is 8.65. The van der Waals surface area contributed by atoms with Crippen LogP contribution in [0.4, 0.5) is 0 Å². The Labute approximate surface area is 195 Å². The van der Waals surface area contributed by atoms with E-state index in [1.165, 1.54) is 10.9 Å². The highest BCUT2D eigenvalue weighted by Crippen LogP contribution is 2.38. The first-order valence-electron chi connectivity index (χ1n) is 12.1. The summed E-state index contributed by atoms with van der Waals surface area (Å²) in [6.07, 6.45) is 4.33. The minimum absolute atomic E-state index is 0.0602. The van der Waals surface area contributed by atoms with Crippen LogP contribution in [0.15, 0.2) is 29.2 Å². The van der Waals surface area contributed by atoms with Gasteiger partial charge in [0.15, 0.2) is 0 Å². The van der Waals surface area contributed by atoms with Crippen LogP contribution in [0.1, 0.15) is 49.3 Å². The molecule has 176 valence electrons. The molecule has 2 aliphatic rings. The summed E-state index contributed by atoms with van der Waals surface area (Å²) in [4.78, 5) is 18.6. The third-order valence-electron chi connectivity index (χ3n) is 7.50. The Morgan fingerprint density at radius 3 is 2.48 bits per heavy atom. The van der Waals surface area contributed by atoms with Crippen molar-refractivity contribution < 1.29 is 9.47 Å². The fraction of sp³-hybridized carbons (Fsp3) is 0.519. The monoisotopic (exact) mass is 449 g/mol. The molecule has 2 aliphatic heterocycles. The highest BCUT2D eigenvalue weighted by Gasteiger charge is 2.30. The molecule has 0 radical (unpaired) electrons. The van der Waals surface area contributed by atoms with E-state index in [4.69, 9.17) is 9.47 Å². The smallest absolute Gasteiger partial charge is 0.253 e. The third-order valence-corrected chi connectivity index (χ3v) is 7.50. The molecule has 2 aromatic heterocycles. The third kappa shape index (κ3) is 4.00. The van der Waals surface area contributed by atoms with E-state index >= 15 is 0 Å². The van der Waals surface area contributed by atoms with Gasteiger partial charge in [0.25, 0.3) is 5.56 Å². The molecule has 2 fully saturated rings. The number of nitrogens with zero attached hydrogens (tertiary/aromatic N) is 2. The van der Waals surface area contributed by atoms with Gasteiger partial charge in [-0.1, -0.05) is 13.8 Å². The average molecular weight is 450 g/mol. The Morgan fingerprint density at radius 1 is 1.12 bits per heavy atom. The van der Waals surface area contributed by atoms with Crippen LogP contribution >= 0.6 is 0 Å². The predicted octanol–water partition coefficient (Wildman–Crippen LogP) is 4.52. The Hall–Kier alpha value is -2.57. The van der Waals surface area contributed by atoms with Crippen LogP contribution in [-0.2, 0) is 11.8 Å². The molecule has 4 heterocycles. The predicted molar refractivity (Wildman–Crippen MR) is 132 cm³/mol. The molecule has 0 saturated carbocycles. The van der Waals surface area contributed by atoms with Gasteiger partial charge in [-0.2, -0.15) is 0 Å². The lowest BCUT2D eigenvalue weighted by Gasteiger charge is -2.41. The Balaban J connectivity index is 1.45. The molecule has 0 aliphatic carbocycles. The molecule has 0 bridgehead atoms. The van der Waals surface area contributed by atoms with Crippen molar-refractivity contribution in [3.05, 3.63) is 51.4 Å². The van der Waals surface area contributed by atoms with Crippen LogP contribution < -0.4 is 10.3 Å². The molecule has 6 heteroatoms. The number of benzene rings is 1. The summed E-state index contributed by atoms with van der Waals surface area (Å²) < 4.78 is 13.5. The van der Waals surface area contributed by atoms with E-state index in [1.54, 1.807) is 4.57 Å². The lowest BCUT2D eigenvalue weighted by Crippen LogP contribution is -2.52. The topological polar surface area (TPSA) is 59.5 Å². The van der Waals surface area contributed by atoms with E-state index in [1.807, 2.05) is 27.1 Å². The number of aryl methyl sites for hydroxylation is 1. The summed E-state index contributed by atoms with van der Waals surface area (Å²) in [6.45, 7) is 12.3. The van der Waals surface area contributed by atoms with E-state index < -0.39 is 0 Å². The quantitative estimate of drug-likeness (QED) is 0.622. The van der Waals surface area contributed by atoms with Crippen molar-refractivity contribution in [1.82, 2.24) is 14.5 Å². The standard InChI is InChI=1S/C27H35N3O3/c1-16(2)25-22-12-21(33-20-8-10-30(11-9-20)19-14-32-15-19)6-7-24(22)28-26(25)23-13-29(5)27(31)18(4)17(23)3/h6-7,12-13,16,19-20,28H,8-11,14-15H2,1-5H3. The summed E-state index contributed by atoms with van der Waals surface area (Å²) in [6, 6.07) is 7.02. The van der Waals surface area contributed by atoms with E-state index in [0.717, 1.165) is 72.8 Å². The van der Waals surface area contributed by atoms with Crippen molar-refractivity contribution in [2.75, 3.05) is 26.3 Å². The summed E-state index contributed by atoms with van der Waals surface area (Å²) in [5.41, 5.74) is 6.46. The van der Waals surface area contributed by atoms with Crippen molar-refractivity contribution in [3.63, 3.8) is 0 Å². The number of hydrogen-bond acceptors (Lipinski definition) is 4. The molecule has 5 rings (SSSR count). The summed E-state index contributed by atoms with van der Waals surface area (Å²) >= 11 is 0. The maximum atomic E-state index is 12.4. The van der Waals surface area contributed by atoms with Gasteiger partial charge >= 0.3 is 0 Å². The second-order valence-electron chi connectivity index (χ2n) is 10.0. The number of fused-ring (bicyclic) bond motifs is 1. The normalized spacial score (nSPS) is 18.2. The lowest BCUT2D eigenvalue weighted by atomic mass is 9.94. The van der Waals surface area contributed by atoms with Crippen LogP contribution in [-0.4, -0.2) is 52.9 Å². The van der Waals surface area contributed by atoms with E-state index in [-0.39, 0.29) is 11.7 Å². The lowest BCUT2D eigenvalue weighted by molar-refractivity contribution is -0.0777. The van der Waals surface area contributed by atoms with Gasteiger partial charge in [0, 0.05) is 48.4 Å². The number of aromatic nitrogens is 2. The van der Waals surface area contributed by atoms with Gasteiger partial charge in [-0.3, -0.25) is 9.69 Å². The molecule has 1 aromatic carbocycles. The largest absolute Gasteiger partial charge is 0.490 e. The zero-order chi connectivity index (χ0) is 23.3. The Kier molecular flexibility index (Phi) is 5.83. The molecular weight excluding hydrogens is 414 g/mol. The van der Waals surface area contributed by atoms with Crippen molar-refractivity contribution in [2.24, 2.45) is 7.05 Å². The first-order chi connectivity index (χ1) is 15.8. The molecule has 33 heavy (non-hydrogen) atoms. The highest BCUT2D eigenvalue weighted by atomic mass is 16.5. The number of pyridine rings is 1. The Morgan fingerprint density at radius 2 is 1.85 bits per heavy atom. The minimum Gasteiger partial charge on any atom is -0.490 e. The molecule has 6 nitrogen and oxygen atoms in total. The van der Waals surface area contributed by atoms with Gasteiger partial charge in [0.2, 0.25) is 0 Å². The SMILES string of the molecule is Cc1c(-c2[nH]c3ccc(OC4CCN(C5COC5)CC4)cc3c2C(C)C)cn(C)c(=O)c1C. The van der Waals surface area contributed by atoms with E-state index in [9.17, 15) is 4.79 Å². The number of nitrogens with one attached hydrogen (secondary N) is 1. The van der Waals surface area contributed by atoms with Gasteiger partial charge < -0.3 is 19.0 Å². The number of rotatable bonds is 5. The fourth-order valence-electron chi connectivity index (χ4n) is 5.29. The van der Waals surface area contributed by atoms with E-state index in [0.29, 0.717) is 12.0 Å². The zero-order valence-electron chi connectivity index (χ0n) is 20.4. The van der Waals surface area contributed by atoms with Crippen LogP contribution in [0, 0.1) is 13.8 Å². The van der Waals surface area contributed by atoms with Gasteiger partial charge in [0.05, 0.1) is 24.9 Å². The summed E-state index contributed by atoms with van der Waals surface area (Å²) in [7, 11) is 1.82. The molecule has 0 amide bonds. The summed E-state index contributed by atoms with van der Waals surface area (Å²) in [5, 5.41) is 1.20. The summed E-state index contributed by atoms with van der Waals surface area (Å²) in [5.74, 6) is 1.27. The van der Waals surface area contributed by atoms with E-state index in [2.05, 4.69) is 41.9 Å². The highest BCUT2D eigenvalue weighted by molar-refractivity contribution is 5.92. The van der Waals surface area contributed by atoms with Gasteiger partial charge in [-0.25, -0.2) is 0 Å². The van der Waals surface area contributed by atoms with Crippen LogP contribution in [0.2, 0.25) is 0 Å². The number of hydrogen-bond donors (Lipinski definition) is 1. The fourth-order valence-corrected chi connectivity index (χ4v) is 5.29. The number of likely N-dealkylation sites (tertiary alicyclic amines) is 1. The van der Waals surface area contributed by atoms with Gasteiger partial charge in [0.1, 0.15) is 11.9 Å². The Bertz CT molecular complexity index is 1230. The molecule has 3 aromatic rings. The molecular formula is C27H35N3O3. The number of H-pyrrole nitrogens is 1. The van der Waals surface area contributed by atoms with Crippen molar-refractivity contribution in [3.8, 4) is 17.0 Å². The number of aromatic amines is 1. The molecule has 0 unspecified atom stereocenters. The number of ether oxygens (including phenoxy) is 2. The second-order valence-corrected chi connectivity index (χ2v) is 10.0. The van der Waals surface area contributed by atoms with Crippen molar-refractivity contribution >= 4 is 10.9 Å². The maximum absolute atomic E-state index is 12.4. The van der Waals surface area contributed by atoms with Crippen molar-refractivity contribution in [1.29, 1.82) is 0 Å².